The summed E-state index contributed by atoms with van der Waals surface area (Å²) in [5.74, 6) is -1.06. The average molecular weight is 341 g/mol. The number of rotatable bonds is 6. The lowest BCUT2D eigenvalue weighted by Gasteiger charge is -2.15. The van der Waals surface area contributed by atoms with Crippen LogP contribution in [-0.4, -0.2) is 28.1 Å². The molecule has 1 atom stereocenters. The van der Waals surface area contributed by atoms with Crippen molar-refractivity contribution in [2.24, 2.45) is 0 Å². The van der Waals surface area contributed by atoms with Crippen LogP contribution in [0.25, 0.3) is 0 Å². The van der Waals surface area contributed by atoms with E-state index in [1.165, 1.54) is 0 Å². The van der Waals surface area contributed by atoms with Crippen molar-refractivity contribution in [3.63, 3.8) is 0 Å². The first-order chi connectivity index (χ1) is 12.1. The van der Waals surface area contributed by atoms with E-state index >= 15 is 0 Å². The first-order valence-corrected chi connectivity index (χ1v) is 8.00. The van der Waals surface area contributed by atoms with Gasteiger partial charge in [0, 0.05) is 18.1 Å². The molecule has 0 aliphatic carbocycles. The number of nitrogens with one attached hydrogen (secondary N) is 2. The fourth-order valence-electron chi connectivity index (χ4n) is 2.69. The fraction of sp³-hybridized carbons (Fsp3) is 0.278. The molecule has 7 heteroatoms. The fourth-order valence-corrected chi connectivity index (χ4v) is 2.69. The molecular weight excluding hydrogens is 322 g/mol. The van der Waals surface area contributed by atoms with E-state index in [-0.39, 0.29) is 0 Å². The summed E-state index contributed by atoms with van der Waals surface area (Å²) in [6.45, 7) is 1.11. The second kappa shape index (κ2) is 7.76. The molecule has 0 saturated heterocycles. The zero-order chi connectivity index (χ0) is 17.6. The van der Waals surface area contributed by atoms with Crippen LogP contribution in [0.5, 0.6) is 0 Å². The number of hydrogen-bond acceptors (Lipinski definition) is 4. The normalized spacial score (nSPS) is 13.8. The number of carboxylic acid groups (broad SMARTS) is 1. The molecule has 25 heavy (non-hydrogen) atoms. The lowest BCUT2D eigenvalue weighted by Crippen LogP contribution is -2.43. The van der Waals surface area contributed by atoms with Crippen molar-refractivity contribution in [1.82, 2.24) is 10.3 Å². The summed E-state index contributed by atoms with van der Waals surface area (Å²) in [5.41, 5.74) is 3.72. The van der Waals surface area contributed by atoms with E-state index in [1.54, 1.807) is 18.5 Å². The molecule has 1 aliphatic rings. The Morgan fingerprint density at radius 1 is 1.16 bits per heavy atom. The van der Waals surface area contributed by atoms with Crippen LogP contribution in [0.4, 0.5) is 10.5 Å². The number of nitrogens with zero attached hydrogens (tertiary/aromatic N) is 1. The number of pyridine rings is 1. The van der Waals surface area contributed by atoms with Gasteiger partial charge in [-0.1, -0.05) is 6.07 Å². The molecule has 3 rings (SSSR count). The molecule has 0 spiro atoms. The monoisotopic (exact) mass is 341 g/mol. The molecule has 0 radical (unpaired) electrons. The zero-order valence-electron chi connectivity index (χ0n) is 13.6. The first kappa shape index (κ1) is 16.9. The number of carbonyl (C=O) groups excluding carboxylic acids is 1. The summed E-state index contributed by atoms with van der Waals surface area (Å²) in [7, 11) is 0. The van der Waals surface area contributed by atoms with E-state index in [4.69, 9.17) is 4.74 Å². The lowest BCUT2D eigenvalue weighted by molar-refractivity contribution is -0.139. The minimum Gasteiger partial charge on any atom is -0.480 e. The number of hydrogen-bond donors (Lipinski definition) is 3. The number of fused-ring (bicyclic) bond motifs is 1. The number of aromatic nitrogens is 1. The third-order valence-corrected chi connectivity index (χ3v) is 4.05. The topological polar surface area (TPSA) is 101 Å². The number of carboxylic acids is 1. The van der Waals surface area contributed by atoms with Gasteiger partial charge < -0.3 is 20.5 Å². The molecule has 130 valence electrons. The van der Waals surface area contributed by atoms with Gasteiger partial charge in [-0.15, -0.1) is 0 Å². The smallest absolute Gasteiger partial charge is 0.326 e. The van der Waals surface area contributed by atoms with Gasteiger partial charge in [0.25, 0.3) is 0 Å². The summed E-state index contributed by atoms with van der Waals surface area (Å²) in [4.78, 5) is 27.4. The third-order valence-electron chi connectivity index (χ3n) is 4.05. The van der Waals surface area contributed by atoms with Crippen molar-refractivity contribution in [2.45, 2.75) is 32.1 Å². The Hall–Kier alpha value is -2.93. The summed E-state index contributed by atoms with van der Waals surface area (Å²) >= 11 is 0. The van der Waals surface area contributed by atoms with E-state index < -0.39 is 18.0 Å². The Bertz CT molecular complexity index is 764. The number of carbonyl (C=O) groups is 2. The predicted octanol–water partition coefficient (Wildman–Crippen LogP) is 2.32. The highest BCUT2D eigenvalue weighted by molar-refractivity contribution is 5.92. The molecule has 0 saturated carbocycles. The minimum atomic E-state index is -1.06. The molecule has 0 bridgehead atoms. The highest BCUT2D eigenvalue weighted by Gasteiger charge is 2.20. The van der Waals surface area contributed by atoms with E-state index in [1.807, 2.05) is 24.3 Å². The molecule has 1 aromatic heterocycles. The van der Waals surface area contributed by atoms with Crippen molar-refractivity contribution in [3.8, 4) is 0 Å². The second-order valence-corrected chi connectivity index (χ2v) is 5.86. The number of aliphatic carboxylic acids is 1. The number of urea groups is 1. The molecule has 0 fully saturated rings. The first-order valence-electron chi connectivity index (χ1n) is 8.00. The van der Waals surface area contributed by atoms with Crippen molar-refractivity contribution < 1.29 is 19.4 Å². The molecular formula is C18H19N3O4. The van der Waals surface area contributed by atoms with E-state index in [0.29, 0.717) is 31.7 Å². The number of anilines is 1. The Morgan fingerprint density at radius 2 is 1.92 bits per heavy atom. The third kappa shape index (κ3) is 4.54. The van der Waals surface area contributed by atoms with Crippen LogP contribution in [0, 0.1) is 0 Å². The average Bonchev–Trinajstić information content (AvgIpc) is 3.07. The molecule has 3 N–H and O–H groups in total. The Morgan fingerprint density at radius 3 is 2.68 bits per heavy atom. The highest BCUT2D eigenvalue weighted by Crippen LogP contribution is 2.23. The predicted molar refractivity (Wildman–Crippen MR) is 91.1 cm³/mol. The second-order valence-electron chi connectivity index (χ2n) is 5.86. The molecule has 2 aromatic rings. The van der Waals surface area contributed by atoms with Crippen molar-refractivity contribution >= 4 is 17.7 Å². The van der Waals surface area contributed by atoms with Crippen molar-refractivity contribution in [3.05, 3.63) is 59.4 Å². The number of aryl methyl sites for hydroxylation is 1. The Kier molecular flexibility index (Phi) is 5.25. The minimum absolute atomic E-state index is 0.296. The summed E-state index contributed by atoms with van der Waals surface area (Å²) < 4.78 is 5.33. The van der Waals surface area contributed by atoms with Gasteiger partial charge in [-0.3, -0.25) is 4.98 Å². The number of amides is 2. The molecule has 1 aromatic carbocycles. The van der Waals surface area contributed by atoms with Crippen LogP contribution >= 0.6 is 0 Å². The SMILES string of the molecule is O=C(Nc1ccc2c(c1)COC2)NC(CCc1ccncc1)C(=O)O. The molecule has 7 nitrogen and oxygen atoms in total. The lowest BCUT2D eigenvalue weighted by atomic mass is 10.1. The standard InChI is InChI=1S/C18H19N3O4/c22-17(23)16(4-1-12-5-7-19-8-6-12)21-18(24)20-15-3-2-13-10-25-11-14(13)9-15/h2-3,5-9,16H,1,4,10-11H2,(H,22,23)(H2,20,21,24). The van der Waals surface area contributed by atoms with Crippen molar-refractivity contribution in [2.75, 3.05) is 5.32 Å². The maximum atomic E-state index is 12.1. The van der Waals surface area contributed by atoms with Crippen LogP contribution in [0.15, 0.2) is 42.7 Å². The van der Waals surface area contributed by atoms with E-state index in [0.717, 1.165) is 16.7 Å². The van der Waals surface area contributed by atoms with E-state index in [2.05, 4.69) is 15.6 Å². The van der Waals surface area contributed by atoms with Gasteiger partial charge in [-0.25, -0.2) is 9.59 Å². The van der Waals surface area contributed by atoms with Gasteiger partial charge in [0.15, 0.2) is 0 Å². The van der Waals surface area contributed by atoms with Crippen LogP contribution in [0.1, 0.15) is 23.1 Å². The van der Waals surface area contributed by atoms with Gasteiger partial charge in [-0.2, -0.15) is 0 Å². The van der Waals surface area contributed by atoms with Gasteiger partial charge in [0.2, 0.25) is 0 Å². The van der Waals surface area contributed by atoms with Gasteiger partial charge in [-0.05, 0) is 53.8 Å². The largest absolute Gasteiger partial charge is 0.480 e. The van der Waals surface area contributed by atoms with Gasteiger partial charge >= 0.3 is 12.0 Å². The Labute approximate surface area is 145 Å². The summed E-state index contributed by atoms with van der Waals surface area (Å²) in [6.07, 6.45) is 4.15. The van der Waals surface area contributed by atoms with Crippen LogP contribution in [0.3, 0.4) is 0 Å². The molecule has 1 aliphatic heterocycles. The maximum absolute atomic E-state index is 12.1. The number of benzene rings is 1. The Balaban J connectivity index is 1.56. The van der Waals surface area contributed by atoms with Crippen LogP contribution < -0.4 is 10.6 Å². The van der Waals surface area contributed by atoms with Crippen LogP contribution in [0.2, 0.25) is 0 Å². The van der Waals surface area contributed by atoms with E-state index in [9.17, 15) is 14.7 Å². The highest BCUT2D eigenvalue weighted by atomic mass is 16.5. The van der Waals surface area contributed by atoms with Gasteiger partial charge in [0.1, 0.15) is 6.04 Å². The maximum Gasteiger partial charge on any atom is 0.326 e. The quantitative estimate of drug-likeness (QED) is 0.748. The molecule has 1 unspecified atom stereocenters. The summed E-state index contributed by atoms with van der Waals surface area (Å²) in [6, 6.07) is 7.66. The summed E-state index contributed by atoms with van der Waals surface area (Å²) in [5, 5.41) is 14.5. The zero-order valence-corrected chi connectivity index (χ0v) is 13.6. The number of ether oxygens (including phenoxy) is 1. The molecule has 2 heterocycles. The molecule has 2 amide bonds. The van der Waals surface area contributed by atoms with Crippen molar-refractivity contribution in [1.29, 1.82) is 0 Å². The van der Waals surface area contributed by atoms with Crippen LogP contribution in [-0.2, 0) is 29.2 Å². The van der Waals surface area contributed by atoms with Gasteiger partial charge in [0.05, 0.1) is 13.2 Å².